The highest BCUT2D eigenvalue weighted by atomic mass is 32.2. The van der Waals surface area contributed by atoms with Crippen molar-refractivity contribution in [1.29, 1.82) is 0 Å². The molecule has 0 saturated heterocycles. The van der Waals surface area contributed by atoms with Gasteiger partial charge in [0.1, 0.15) is 5.82 Å². The van der Waals surface area contributed by atoms with Gasteiger partial charge in [-0.1, -0.05) is 19.1 Å². The molecule has 1 amide bonds. The van der Waals surface area contributed by atoms with Crippen molar-refractivity contribution in [2.45, 2.75) is 44.9 Å². The monoisotopic (exact) mass is 390 g/mol. The summed E-state index contributed by atoms with van der Waals surface area (Å²) in [7, 11) is -3.66. The SMILES string of the molecule is CCCNS(=O)(=O)c1cc(-c2c(C)nn3c2NC(=O)CCC3=O)ccc1C. The van der Waals surface area contributed by atoms with Crippen LogP contribution in [0.25, 0.3) is 11.1 Å². The number of carbonyl (C=O) groups excluding carboxylic acids is 2. The normalized spacial score (nSPS) is 14.6. The highest BCUT2D eigenvalue weighted by Gasteiger charge is 2.27. The van der Waals surface area contributed by atoms with Crippen LogP contribution in [0.1, 0.15) is 42.2 Å². The van der Waals surface area contributed by atoms with Crippen molar-refractivity contribution in [3.63, 3.8) is 0 Å². The van der Waals surface area contributed by atoms with Crippen LogP contribution in [0.4, 0.5) is 5.82 Å². The maximum atomic E-state index is 12.6. The van der Waals surface area contributed by atoms with Crippen molar-refractivity contribution in [1.82, 2.24) is 14.5 Å². The first kappa shape index (κ1) is 19.2. The highest BCUT2D eigenvalue weighted by molar-refractivity contribution is 7.89. The zero-order valence-corrected chi connectivity index (χ0v) is 16.3. The number of rotatable bonds is 5. The molecule has 2 heterocycles. The van der Waals surface area contributed by atoms with Gasteiger partial charge >= 0.3 is 0 Å². The van der Waals surface area contributed by atoms with Gasteiger partial charge in [-0.25, -0.2) is 13.1 Å². The van der Waals surface area contributed by atoms with E-state index >= 15 is 0 Å². The van der Waals surface area contributed by atoms with Crippen LogP contribution in [-0.4, -0.2) is 36.6 Å². The van der Waals surface area contributed by atoms with Crippen molar-refractivity contribution in [2.24, 2.45) is 0 Å². The summed E-state index contributed by atoms with van der Waals surface area (Å²) in [6, 6.07) is 5.03. The zero-order valence-electron chi connectivity index (χ0n) is 15.5. The summed E-state index contributed by atoms with van der Waals surface area (Å²) in [6.45, 7) is 5.68. The molecule has 2 N–H and O–H groups in total. The van der Waals surface area contributed by atoms with Crippen molar-refractivity contribution in [3.8, 4) is 11.1 Å². The lowest BCUT2D eigenvalue weighted by atomic mass is 10.0. The number of aromatic nitrogens is 2. The third-order valence-corrected chi connectivity index (χ3v) is 6.03. The smallest absolute Gasteiger partial charge is 0.249 e. The van der Waals surface area contributed by atoms with Crippen LogP contribution in [-0.2, 0) is 14.8 Å². The molecule has 2 aromatic rings. The van der Waals surface area contributed by atoms with Crippen molar-refractivity contribution >= 4 is 27.7 Å². The number of nitrogens with zero attached hydrogens (tertiary/aromatic N) is 2. The number of fused-ring (bicyclic) bond motifs is 1. The molecule has 0 aliphatic carbocycles. The number of sulfonamides is 1. The minimum absolute atomic E-state index is 0.0772. The average Bonchev–Trinajstić information content (AvgIpc) is 2.87. The summed E-state index contributed by atoms with van der Waals surface area (Å²) in [5.41, 5.74) is 2.27. The molecule has 1 aliphatic rings. The Labute approximate surface area is 158 Å². The topological polar surface area (TPSA) is 110 Å². The van der Waals surface area contributed by atoms with Crippen molar-refractivity contribution in [2.75, 3.05) is 11.9 Å². The van der Waals surface area contributed by atoms with E-state index in [0.717, 1.165) is 0 Å². The highest BCUT2D eigenvalue weighted by Crippen LogP contribution is 2.35. The number of hydrogen-bond acceptors (Lipinski definition) is 5. The van der Waals surface area contributed by atoms with Gasteiger partial charge in [-0.05, 0) is 37.5 Å². The van der Waals surface area contributed by atoms with Gasteiger partial charge in [-0.3, -0.25) is 9.59 Å². The number of carbonyl (C=O) groups is 2. The van der Waals surface area contributed by atoms with Crippen molar-refractivity contribution < 1.29 is 18.0 Å². The maximum absolute atomic E-state index is 12.6. The first-order valence-corrected chi connectivity index (χ1v) is 10.3. The Morgan fingerprint density at radius 1 is 1.22 bits per heavy atom. The third kappa shape index (κ3) is 3.65. The Morgan fingerprint density at radius 3 is 2.67 bits per heavy atom. The lowest BCUT2D eigenvalue weighted by Crippen LogP contribution is -2.25. The number of anilines is 1. The van der Waals surface area contributed by atoms with E-state index in [2.05, 4.69) is 15.1 Å². The van der Waals surface area contributed by atoms with Crippen LogP contribution in [0.3, 0.4) is 0 Å². The minimum atomic E-state index is -3.66. The Morgan fingerprint density at radius 2 is 1.96 bits per heavy atom. The minimum Gasteiger partial charge on any atom is -0.310 e. The molecule has 144 valence electrons. The van der Waals surface area contributed by atoms with Gasteiger partial charge in [0.2, 0.25) is 21.8 Å². The quantitative estimate of drug-likeness (QED) is 0.813. The van der Waals surface area contributed by atoms with Crippen LogP contribution < -0.4 is 10.0 Å². The second-order valence-corrected chi connectivity index (χ2v) is 8.28. The van der Waals surface area contributed by atoms with Crippen LogP contribution >= 0.6 is 0 Å². The van der Waals surface area contributed by atoms with Gasteiger partial charge in [0.25, 0.3) is 0 Å². The van der Waals surface area contributed by atoms with Gasteiger partial charge in [-0.15, -0.1) is 0 Å². The van der Waals surface area contributed by atoms with E-state index in [9.17, 15) is 18.0 Å². The molecule has 27 heavy (non-hydrogen) atoms. The Kier molecular flexibility index (Phi) is 5.16. The largest absolute Gasteiger partial charge is 0.310 e. The van der Waals surface area contributed by atoms with Crippen LogP contribution in [0.2, 0.25) is 0 Å². The Balaban J connectivity index is 2.15. The molecule has 0 bridgehead atoms. The lowest BCUT2D eigenvalue weighted by Gasteiger charge is -2.12. The summed E-state index contributed by atoms with van der Waals surface area (Å²) >= 11 is 0. The fourth-order valence-electron chi connectivity index (χ4n) is 3.05. The summed E-state index contributed by atoms with van der Waals surface area (Å²) < 4.78 is 29.0. The van der Waals surface area contributed by atoms with Gasteiger partial charge in [0.05, 0.1) is 10.6 Å². The number of amides is 1. The number of aryl methyl sites for hydroxylation is 2. The van der Waals surface area contributed by atoms with Gasteiger partial charge in [-0.2, -0.15) is 9.78 Å². The standard InChI is InChI=1S/C18H22N4O4S/c1-4-9-19-27(25,26)14-10-13(6-5-11(14)2)17-12(3)21-22-16(24)8-7-15(23)20-18(17)22/h5-6,10,19H,4,7-9H2,1-3H3,(H,20,23). The second-order valence-electron chi connectivity index (χ2n) is 6.54. The fraction of sp³-hybridized carbons (Fsp3) is 0.389. The molecule has 1 aromatic heterocycles. The second kappa shape index (κ2) is 7.24. The molecule has 8 nitrogen and oxygen atoms in total. The lowest BCUT2D eigenvalue weighted by molar-refractivity contribution is -0.116. The van der Waals surface area contributed by atoms with E-state index in [1.54, 1.807) is 32.0 Å². The average molecular weight is 390 g/mol. The Bertz CT molecular complexity index is 1020. The van der Waals surface area contributed by atoms with E-state index < -0.39 is 10.0 Å². The van der Waals surface area contributed by atoms with E-state index in [0.29, 0.717) is 35.3 Å². The number of nitrogens with one attached hydrogen (secondary N) is 2. The predicted octanol–water partition coefficient (Wildman–Crippen LogP) is 2.23. The molecule has 3 rings (SSSR count). The summed E-state index contributed by atoms with van der Waals surface area (Å²) in [5.74, 6) is -0.260. The van der Waals surface area contributed by atoms with Crippen molar-refractivity contribution in [3.05, 3.63) is 29.5 Å². The molecule has 9 heteroatoms. The molecular weight excluding hydrogens is 368 g/mol. The fourth-order valence-corrected chi connectivity index (χ4v) is 4.45. The number of hydrogen-bond donors (Lipinski definition) is 2. The molecule has 0 unspecified atom stereocenters. The number of benzene rings is 1. The molecule has 1 aromatic carbocycles. The summed E-state index contributed by atoms with van der Waals surface area (Å²) in [6.07, 6.45) is 0.852. The molecule has 0 spiro atoms. The van der Waals surface area contributed by atoms with E-state index in [4.69, 9.17) is 0 Å². The van der Waals surface area contributed by atoms with Crippen LogP contribution in [0.5, 0.6) is 0 Å². The van der Waals surface area contributed by atoms with Crippen LogP contribution in [0.15, 0.2) is 23.1 Å². The predicted molar refractivity (Wildman–Crippen MR) is 101 cm³/mol. The molecule has 0 atom stereocenters. The first-order chi connectivity index (χ1) is 12.7. The van der Waals surface area contributed by atoms with Gasteiger partial charge in [0, 0.05) is 24.9 Å². The summed E-state index contributed by atoms with van der Waals surface area (Å²) in [5, 5.41) is 6.98. The van der Waals surface area contributed by atoms with E-state index in [1.165, 1.54) is 4.68 Å². The molecule has 0 radical (unpaired) electrons. The van der Waals surface area contributed by atoms with E-state index in [1.807, 2.05) is 6.92 Å². The molecule has 0 fully saturated rings. The Hall–Kier alpha value is -2.52. The van der Waals surface area contributed by atoms with Gasteiger partial charge in [0.15, 0.2) is 0 Å². The van der Waals surface area contributed by atoms with E-state index in [-0.39, 0.29) is 35.4 Å². The molecular formula is C18H22N4O4S. The molecule has 1 aliphatic heterocycles. The zero-order chi connectivity index (χ0) is 19.8. The summed E-state index contributed by atoms with van der Waals surface area (Å²) in [4.78, 5) is 24.4. The molecule has 0 saturated carbocycles. The first-order valence-electron chi connectivity index (χ1n) is 8.78. The third-order valence-electron chi connectivity index (χ3n) is 4.43. The van der Waals surface area contributed by atoms with Gasteiger partial charge < -0.3 is 5.32 Å². The maximum Gasteiger partial charge on any atom is 0.249 e. The van der Waals surface area contributed by atoms with Crippen LogP contribution in [0, 0.1) is 13.8 Å².